The van der Waals surface area contributed by atoms with Crippen molar-refractivity contribution in [2.45, 2.75) is 257 Å². The summed E-state index contributed by atoms with van der Waals surface area (Å²) in [5, 5.41) is 8.76. The first kappa shape index (κ1) is 76.7. The summed E-state index contributed by atoms with van der Waals surface area (Å²) in [6, 6.07) is 0. The molecule has 0 rings (SSSR count). The normalized spacial score (nSPS) is 10.8. The Balaban J connectivity index is 3.50. The molecule has 0 aromatic carbocycles. The molecule has 1 N–H and O–H groups in total. The third kappa shape index (κ3) is 57.9. The van der Waals surface area contributed by atoms with Crippen LogP contribution in [0.2, 0.25) is 0 Å². The maximum Gasteiger partial charge on any atom is 0.305 e. The molecular formula is C61H104O21. The van der Waals surface area contributed by atoms with E-state index in [0.717, 1.165) is 64.2 Å². The molecule has 0 radical (unpaired) electrons. The maximum atomic E-state index is 12.1. The van der Waals surface area contributed by atoms with Crippen LogP contribution in [-0.4, -0.2) is 138 Å². The molecule has 0 saturated carbocycles. The lowest BCUT2D eigenvalue weighted by Gasteiger charge is -2.07. The molecule has 0 unspecified atom stereocenters. The Labute approximate surface area is 488 Å². The molecule has 0 aromatic heterocycles. The number of aliphatic hydroxyl groups is 1. The van der Waals surface area contributed by atoms with Crippen LogP contribution in [0.15, 0.2) is 0 Å². The van der Waals surface area contributed by atoms with Crippen molar-refractivity contribution in [3.8, 4) is 0 Å². The molecule has 0 amide bonds. The number of carbonyl (C=O) groups is 10. The first-order valence-electron chi connectivity index (χ1n) is 30.9. The first-order chi connectivity index (χ1) is 39.9. The van der Waals surface area contributed by atoms with Crippen LogP contribution in [0.3, 0.4) is 0 Å². The van der Waals surface area contributed by atoms with E-state index in [1.54, 1.807) is 0 Å². The summed E-state index contributed by atoms with van der Waals surface area (Å²) in [6.45, 7) is 2.87. The van der Waals surface area contributed by atoms with Crippen LogP contribution in [0, 0.1) is 0 Å². The van der Waals surface area contributed by atoms with Crippen molar-refractivity contribution in [1.29, 1.82) is 0 Å². The fourth-order valence-electron chi connectivity index (χ4n) is 7.92. The number of hydrogen-bond donors (Lipinski definition) is 1. The number of hydrogen-bond acceptors (Lipinski definition) is 21. The summed E-state index contributed by atoms with van der Waals surface area (Å²) in [6.07, 6.45) is 23.8. The molecule has 21 heteroatoms. The van der Waals surface area contributed by atoms with Gasteiger partial charge in [-0.1, -0.05) is 6.42 Å². The van der Waals surface area contributed by atoms with Crippen LogP contribution in [0.25, 0.3) is 0 Å². The summed E-state index contributed by atoms with van der Waals surface area (Å²) in [5.41, 5.74) is 0. The fraction of sp³-hybridized carbons (Fsp3) is 0.836. The SMILES string of the molecule is COC(=O)CCCCCOC(=O)CCCCCOC(=O)CCCCCOC(=O)CCCCCOC(=O)CCCCCOC(=O)CCCCCOC(=O)CCCCCOC(=O)CCCCCOC(=O)CCCCCOC(=O)CCCCCO. The zero-order chi connectivity index (χ0) is 60.2. The molecule has 0 heterocycles. The van der Waals surface area contributed by atoms with E-state index in [2.05, 4.69) is 4.74 Å². The lowest BCUT2D eigenvalue weighted by atomic mass is 10.2. The third-order valence-corrected chi connectivity index (χ3v) is 12.9. The average molecular weight is 1170 g/mol. The van der Waals surface area contributed by atoms with Gasteiger partial charge in [0.2, 0.25) is 0 Å². The zero-order valence-corrected chi connectivity index (χ0v) is 50.0. The quantitative estimate of drug-likeness (QED) is 0.0336. The Morgan fingerprint density at radius 3 is 0.463 bits per heavy atom. The third-order valence-electron chi connectivity index (χ3n) is 12.9. The van der Waals surface area contributed by atoms with Gasteiger partial charge in [0.05, 0.1) is 66.6 Å². The van der Waals surface area contributed by atoms with E-state index in [0.29, 0.717) is 207 Å². The second kappa shape index (κ2) is 58.8. The average Bonchev–Trinajstić information content (AvgIpc) is 3.45. The van der Waals surface area contributed by atoms with Crippen molar-refractivity contribution < 1.29 is 100 Å². The van der Waals surface area contributed by atoms with Crippen LogP contribution in [-0.2, 0) is 95.3 Å². The molecule has 0 aliphatic heterocycles. The van der Waals surface area contributed by atoms with Gasteiger partial charge in [0.1, 0.15) is 0 Å². The van der Waals surface area contributed by atoms with Crippen LogP contribution in [0.5, 0.6) is 0 Å². The zero-order valence-electron chi connectivity index (χ0n) is 50.0. The minimum Gasteiger partial charge on any atom is -0.469 e. The number of esters is 10. The number of unbranched alkanes of at least 4 members (excludes halogenated alkanes) is 20. The summed E-state index contributed by atoms with van der Waals surface area (Å²) in [4.78, 5) is 119. The van der Waals surface area contributed by atoms with Crippen LogP contribution >= 0.6 is 0 Å². The van der Waals surface area contributed by atoms with Crippen LogP contribution in [0.1, 0.15) is 257 Å². The highest BCUT2D eigenvalue weighted by Gasteiger charge is 2.11. The summed E-state index contributed by atoms with van der Waals surface area (Å²) >= 11 is 0. The fourth-order valence-corrected chi connectivity index (χ4v) is 7.92. The van der Waals surface area contributed by atoms with Gasteiger partial charge in [0, 0.05) is 70.8 Å². The predicted molar refractivity (Wildman–Crippen MR) is 302 cm³/mol. The minimum atomic E-state index is -0.280. The molecule has 0 spiro atoms. The van der Waals surface area contributed by atoms with Crippen molar-refractivity contribution in [3.05, 3.63) is 0 Å². The molecule has 0 bridgehead atoms. The van der Waals surface area contributed by atoms with Crippen molar-refractivity contribution in [3.63, 3.8) is 0 Å². The van der Waals surface area contributed by atoms with Gasteiger partial charge in [-0.2, -0.15) is 0 Å². The lowest BCUT2D eigenvalue weighted by molar-refractivity contribution is -0.146. The number of ether oxygens (including phenoxy) is 10. The van der Waals surface area contributed by atoms with E-state index in [1.807, 2.05) is 0 Å². The number of aliphatic hydroxyl groups excluding tert-OH is 1. The van der Waals surface area contributed by atoms with Crippen molar-refractivity contribution in [1.82, 2.24) is 0 Å². The van der Waals surface area contributed by atoms with Gasteiger partial charge in [0.25, 0.3) is 0 Å². The topological polar surface area (TPSA) is 283 Å². The van der Waals surface area contributed by atoms with Gasteiger partial charge in [-0.25, -0.2) is 0 Å². The van der Waals surface area contributed by atoms with Gasteiger partial charge in [-0.3, -0.25) is 47.9 Å². The van der Waals surface area contributed by atoms with E-state index in [9.17, 15) is 47.9 Å². The minimum absolute atomic E-state index is 0.131. The highest BCUT2D eigenvalue weighted by Crippen LogP contribution is 2.12. The van der Waals surface area contributed by atoms with Gasteiger partial charge in [-0.15, -0.1) is 0 Å². The Kier molecular flexibility index (Phi) is 55.0. The lowest BCUT2D eigenvalue weighted by Crippen LogP contribution is -2.09. The number of carbonyl (C=O) groups excluding carboxylic acids is 10. The maximum absolute atomic E-state index is 12.1. The van der Waals surface area contributed by atoms with Gasteiger partial charge >= 0.3 is 59.7 Å². The molecule has 0 aromatic rings. The molecule has 0 saturated heterocycles. The van der Waals surface area contributed by atoms with E-state index in [1.165, 1.54) is 7.11 Å². The summed E-state index contributed by atoms with van der Waals surface area (Å²) in [7, 11) is 1.36. The predicted octanol–water partition coefficient (Wildman–Crippen LogP) is 10.6. The van der Waals surface area contributed by atoms with E-state index >= 15 is 0 Å². The molecule has 0 aliphatic rings. The number of methoxy groups -OCH3 is 1. The standard InChI is InChI=1S/C61H104O21/c1-73-52(63)32-13-3-23-43-75-54(65)34-15-5-25-45-77-56(67)36-17-7-27-47-79-58(69)38-19-9-29-49-81-60(71)40-21-11-31-51-82-61(72)41-20-10-30-50-80-59(70)39-18-8-28-48-78-57(68)37-16-6-26-46-76-55(66)35-14-4-24-44-74-53(64)33-12-2-22-42-62/h62H,2-51H2,1H3. The summed E-state index contributed by atoms with van der Waals surface area (Å²) < 4.78 is 51.9. The Morgan fingerprint density at radius 1 is 0.195 bits per heavy atom. The van der Waals surface area contributed by atoms with Gasteiger partial charge in [0.15, 0.2) is 0 Å². The van der Waals surface area contributed by atoms with Gasteiger partial charge < -0.3 is 52.5 Å². The molecule has 0 atom stereocenters. The van der Waals surface area contributed by atoms with E-state index in [-0.39, 0.29) is 112 Å². The number of rotatable bonds is 59. The highest BCUT2D eigenvalue weighted by molar-refractivity contribution is 5.72. The van der Waals surface area contributed by atoms with E-state index < -0.39 is 0 Å². The largest absolute Gasteiger partial charge is 0.469 e. The van der Waals surface area contributed by atoms with Crippen molar-refractivity contribution >= 4 is 59.7 Å². The molecular weight excluding hydrogens is 1070 g/mol. The van der Waals surface area contributed by atoms with Crippen molar-refractivity contribution in [2.75, 3.05) is 73.2 Å². The smallest absolute Gasteiger partial charge is 0.305 e. The molecule has 21 nitrogen and oxygen atoms in total. The summed E-state index contributed by atoms with van der Waals surface area (Å²) in [5.74, 6) is -2.63. The van der Waals surface area contributed by atoms with Crippen molar-refractivity contribution in [2.24, 2.45) is 0 Å². The Hall–Kier alpha value is -5.34. The molecule has 474 valence electrons. The second-order valence-corrected chi connectivity index (χ2v) is 20.4. The van der Waals surface area contributed by atoms with Gasteiger partial charge in [-0.05, 0) is 186 Å². The van der Waals surface area contributed by atoms with Crippen LogP contribution < -0.4 is 0 Å². The Morgan fingerprint density at radius 2 is 0.329 bits per heavy atom. The molecule has 82 heavy (non-hydrogen) atoms. The van der Waals surface area contributed by atoms with E-state index in [4.69, 9.17) is 47.7 Å². The highest BCUT2D eigenvalue weighted by atomic mass is 16.6. The second-order valence-electron chi connectivity index (χ2n) is 20.4. The first-order valence-corrected chi connectivity index (χ1v) is 30.9. The monoisotopic (exact) mass is 1170 g/mol. The molecule has 0 aliphatic carbocycles. The Bertz CT molecular complexity index is 1680. The molecule has 0 fully saturated rings. The van der Waals surface area contributed by atoms with Crippen LogP contribution in [0.4, 0.5) is 0 Å².